The maximum absolute atomic E-state index is 14.7. The van der Waals surface area contributed by atoms with Crippen molar-refractivity contribution in [2.75, 3.05) is 50.8 Å². The van der Waals surface area contributed by atoms with Gasteiger partial charge < -0.3 is 14.5 Å². The molecule has 4 aliphatic rings. The number of hydrogen-bond acceptors (Lipinski definition) is 7. The average molecular weight is 621 g/mol. The minimum atomic E-state index is -4.28. The Morgan fingerprint density at radius 2 is 1.76 bits per heavy atom. The largest absolute Gasteiger partial charge is 0.389 e. The first-order valence-electron chi connectivity index (χ1n) is 14.9. The third-order valence-electron chi connectivity index (χ3n) is 8.88. The average Bonchev–Trinajstić information content (AvgIpc) is 3.82. The van der Waals surface area contributed by atoms with E-state index in [1.807, 2.05) is 4.90 Å². The number of likely N-dealkylation sites (tertiary alicyclic amines) is 1. The van der Waals surface area contributed by atoms with Gasteiger partial charge in [-0.05, 0) is 69.1 Å². The first kappa shape index (κ1) is 31.4. The molecular formula is C28H40F4N4O5S. The van der Waals surface area contributed by atoms with Crippen LogP contribution in [-0.4, -0.2) is 92.7 Å². The van der Waals surface area contributed by atoms with Gasteiger partial charge in [-0.1, -0.05) is 6.07 Å². The lowest BCUT2D eigenvalue weighted by Gasteiger charge is -2.44. The van der Waals surface area contributed by atoms with E-state index < -0.39 is 45.4 Å². The van der Waals surface area contributed by atoms with E-state index in [0.717, 1.165) is 25.7 Å². The third-order valence-corrected chi connectivity index (χ3v) is 11.5. The summed E-state index contributed by atoms with van der Waals surface area (Å²) in [5.41, 5.74) is 3.19. The van der Waals surface area contributed by atoms with Crippen molar-refractivity contribution in [1.29, 1.82) is 0 Å². The monoisotopic (exact) mass is 620 g/mol. The molecule has 1 aliphatic carbocycles. The Morgan fingerprint density at radius 1 is 1.05 bits per heavy atom. The van der Waals surface area contributed by atoms with Crippen molar-refractivity contribution in [2.45, 2.75) is 87.5 Å². The molecule has 236 valence electrons. The van der Waals surface area contributed by atoms with Crippen LogP contribution in [0.5, 0.6) is 0 Å². The van der Waals surface area contributed by atoms with Crippen LogP contribution in [0.25, 0.3) is 0 Å². The van der Waals surface area contributed by atoms with E-state index in [1.165, 1.54) is 16.4 Å². The lowest BCUT2D eigenvalue weighted by molar-refractivity contribution is -0.202. The molecule has 0 radical (unpaired) electrons. The summed E-state index contributed by atoms with van der Waals surface area (Å²) < 4.78 is 85.6. The number of anilines is 1. The Bertz CT molecular complexity index is 1190. The van der Waals surface area contributed by atoms with E-state index in [0.29, 0.717) is 37.8 Å². The van der Waals surface area contributed by atoms with Crippen molar-refractivity contribution in [2.24, 2.45) is 0 Å². The highest BCUT2D eigenvalue weighted by Crippen LogP contribution is 2.38. The number of hydrogen-bond donors (Lipinski definition) is 1. The minimum Gasteiger partial charge on any atom is -0.369 e. The lowest BCUT2D eigenvalue weighted by Crippen LogP contribution is -2.64. The SMILES string of the molecule is O=C(NOC1CCCCO1)C1(S(=O)(=O)N2CCN(c3ccc(CCCC(F)(F)F)c(F)c3)CC2)CCN(C2CC2)CC1. The van der Waals surface area contributed by atoms with Crippen molar-refractivity contribution in [1.82, 2.24) is 14.7 Å². The number of nitrogens with zero attached hydrogens (tertiary/aromatic N) is 3. The summed E-state index contributed by atoms with van der Waals surface area (Å²) >= 11 is 0. The summed E-state index contributed by atoms with van der Waals surface area (Å²) in [7, 11) is -4.09. The number of amides is 1. The smallest absolute Gasteiger partial charge is 0.369 e. The molecule has 0 bridgehead atoms. The van der Waals surface area contributed by atoms with E-state index in [9.17, 15) is 30.8 Å². The van der Waals surface area contributed by atoms with Crippen LogP contribution in [0.2, 0.25) is 0 Å². The zero-order valence-corrected chi connectivity index (χ0v) is 24.5. The highest BCUT2D eigenvalue weighted by atomic mass is 32.2. The van der Waals surface area contributed by atoms with Gasteiger partial charge in [0.1, 0.15) is 5.82 Å². The van der Waals surface area contributed by atoms with Crippen LogP contribution in [0.3, 0.4) is 0 Å². The number of aryl methyl sites for hydroxylation is 1. The quantitative estimate of drug-likeness (QED) is 0.315. The van der Waals surface area contributed by atoms with Crippen LogP contribution in [0.1, 0.15) is 63.4 Å². The van der Waals surface area contributed by atoms with Crippen LogP contribution in [0.15, 0.2) is 18.2 Å². The molecule has 1 aromatic rings. The van der Waals surface area contributed by atoms with Gasteiger partial charge in [-0.2, -0.15) is 17.5 Å². The molecule has 1 atom stereocenters. The number of alkyl halides is 3. The number of nitrogens with one attached hydrogen (secondary N) is 1. The summed E-state index contributed by atoms with van der Waals surface area (Å²) in [6.45, 7) is 2.33. The molecule has 1 saturated carbocycles. The molecular weight excluding hydrogens is 580 g/mol. The predicted octanol–water partition coefficient (Wildman–Crippen LogP) is 3.73. The maximum atomic E-state index is 14.7. The van der Waals surface area contributed by atoms with Gasteiger partial charge in [0.25, 0.3) is 5.91 Å². The Kier molecular flexibility index (Phi) is 9.67. The van der Waals surface area contributed by atoms with Crippen LogP contribution in [0.4, 0.5) is 23.2 Å². The fourth-order valence-electron chi connectivity index (χ4n) is 6.16. The number of sulfonamides is 1. The van der Waals surface area contributed by atoms with E-state index in [4.69, 9.17) is 9.57 Å². The van der Waals surface area contributed by atoms with E-state index in [1.54, 1.807) is 6.07 Å². The van der Waals surface area contributed by atoms with Crippen molar-refractivity contribution in [3.63, 3.8) is 0 Å². The van der Waals surface area contributed by atoms with Gasteiger partial charge in [-0.15, -0.1) is 0 Å². The van der Waals surface area contributed by atoms with Gasteiger partial charge in [0.05, 0.1) is 0 Å². The number of hydroxylamine groups is 1. The Balaban J connectivity index is 1.23. The first-order chi connectivity index (χ1) is 20.0. The third kappa shape index (κ3) is 7.20. The van der Waals surface area contributed by atoms with Crippen LogP contribution in [0, 0.1) is 5.82 Å². The number of carbonyl (C=O) groups is 1. The fraction of sp³-hybridized carbons (Fsp3) is 0.750. The van der Waals surface area contributed by atoms with Gasteiger partial charge in [0, 0.05) is 70.4 Å². The zero-order valence-electron chi connectivity index (χ0n) is 23.7. The minimum absolute atomic E-state index is 0.0173. The lowest BCUT2D eigenvalue weighted by atomic mass is 9.95. The summed E-state index contributed by atoms with van der Waals surface area (Å²) in [5, 5.41) is 0. The fourth-order valence-corrected chi connectivity index (χ4v) is 8.27. The van der Waals surface area contributed by atoms with Crippen molar-refractivity contribution < 1.29 is 40.3 Å². The molecule has 1 N–H and O–H groups in total. The Hall–Kier alpha value is -2.00. The molecule has 14 heteroatoms. The van der Waals surface area contributed by atoms with E-state index in [-0.39, 0.29) is 57.4 Å². The van der Waals surface area contributed by atoms with Crippen LogP contribution < -0.4 is 10.4 Å². The summed E-state index contributed by atoms with van der Waals surface area (Å²) in [6, 6.07) is 4.90. The van der Waals surface area contributed by atoms with Crippen molar-refractivity contribution >= 4 is 21.6 Å². The molecule has 1 unspecified atom stereocenters. The molecule has 1 aromatic carbocycles. The number of halogens is 4. The molecule has 9 nitrogen and oxygen atoms in total. The first-order valence-corrected chi connectivity index (χ1v) is 16.3. The second-order valence-electron chi connectivity index (χ2n) is 11.7. The highest BCUT2D eigenvalue weighted by molar-refractivity contribution is 7.91. The molecule has 3 heterocycles. The second-order valence-corrected chi connectivity index (χ2v) is 14.0. The van der Waals surface area contributed by atoms with Gasteiger partial charge in [-0.3, -0.25) is 4.79 Å². The number of rotatable bonds is 10. The predicted molar refractivity (Wildman–Crippen MR) is 147 cm³/mol. The standard InChI is InChI=1S/C28H40F4N4O5S/c29-24-20-23(7-6-21(24)4-3-10-28(30,31)32)35-15-17-36(18-16-35)42(38,39)27(11-13-34(14-12-27)22-8-9-22)26(37)33-41-25-5-1-2-19-40-25/h6-7,20,22,25H,1-5,8-19H2,(H,33,37). The normalized spacial score (nSPS) is 24.5. The van der Waals surface area contributed by atoms with Gasteiger partial charge in [0.15, 0.2) is 11.0 Å². The topological polar surface area (TPSA) is 91.4 Å². The Labute approximate surface area is 244 Å². The van der Waals surface area contributed by atoms with Crippen LogP contribution >= 0.6 is 0 Å². The summed E-state index contributed by atoms with van der Waals surface area (Å²) in [6.07, 6.45) is -1.13. The van der Waals surface area contributed by atoms with Gasteiger partial charge in [-0.25, -0.2) is 23.1 Å². The molecule has 3 aliphatic heterocycles. The molecule has 0 spiro atoms. The number of piperazine rings is 1. The van der Waals surface area contributed by atoms with Gasteiger partial charge in [0.2, 0.25) is 10.0 Å². The zero-order chi connectivity index (χ0) is 30.0. The number of carbonyl (C=O) groups excluding carboxylic acids is 1. The molecule has 42 heavy (non-hydrogen) atoms. The van der Waals surface area contributed by atoms with Gasteiger partial charge >= 0.3 is 6.18 Å². The summed E-state index contributed by atoms with van der Waals surface area (Å²) in [5.74, 6) is -1.25. The number of benzene rings is 1. The van der Waals surface area contributed by atoms with Crippen LogP contribution in [-0.2, 0) is 30.8 Å². The second kappa shape index (κ2) is 12.9. The van der Waals surface area contributed by atoms with Crippen molar-refractivity contribution in [3.8, 4) is 0 Å². The van der Waals surface area contributed by atoms with E-state index >= 15 is 0 Å². The molecule has 0 aromatic heterocycles. The molecule has 5 rings (SSSR count). The van der Waals surface area contributed by atoms with E-state index in [2.05, 4.69) is 10.4 Å². The molecule has 4 fully saturated rings. The maximum Gasteiger partial charge on any atom is 0.389 e. The Morgan fingerprint density at radius 3 is 2.36 bits per heavy atom. The molecule has 1 amide bonds. The molecule has 3 saturated heterocycles. The number of piperidine rings is 1. The van der Waals surface area contributed by atoms with Crippen molar-refractivity contribution in [3.05, 3.63) is 29.6 Å². The summed E-state index contributed by atoms with van der Waals surface area (Å²) in [4.78, 5) is 23.2. The highest BCUT2D eigenvalue weighted by Gasteiger charge is 2.56. The number of ether oxygens (including phenoxy) is 1.